The van der Waals surface area contributed by atoms with Crippen LogP contribution in [-0.4, -0.2) is 12.9 Å². The highest BCUT2D eigenvalue weighted by Crippen LogP contribution is 2.16. The summed E-state index contributed by atoms with van der Waals surface area (Å²) in [6.07, 6.45) is 7.12. The molecule has 0 saturated heterocycles. The van der Waals surface area contributed by atoms with Gasteiger partial charge in [0.2, 0.25) is 0 Å². The third-order valence-electron chi connectivity index (χ3n) is 2.36. The van der Waals surface area contributed by atoms with Crippen LogP contribution in [0.4, 0.5) is 0 Å². The van der Waals surface area contributed by atoms with Crippen LogP contribution in [0.2, 0.25) is 0 Å². The molecule has 0 aliphatic carbocycles. The van der Waals surface area contributed by atoms with Gasteiger partial charge in [-0.1, -0.05) is 18.2 Å². The number of aldehydes is 1. The van der Waals surface area contributed by atoms with E-state index in [4.69, 9.17) is 4.74 Å². The molecule has 2 heteroatoms. The first-order chi connectivity index (χ1) is 7.88. The minimum absolute atomic E-state index is 0.619. The summed E-state index contributed by atoms with van der Waals surface area (Å²) in [5, 5.41) is 0. The molecule has 16 heavy (non-hydrogen) atoms. The van der Waals surface area contributed by atoms with Crippen molar-refractivity contribution < 1.29 is 9.53 Å². The number of allylic oxidation sites excluding steroid dienone is 1. The van der Waals surface area contributed by atoms with Crippen LogP contribution in [0.15, 0.2) is 36.9 Å². The first-order valence-electron chi connectivity index (χ1n) is 5.66. The van der Waals surface area contributed by atoms with E-state index < -0.39 is 0 Å². The van der Waals surface area contributed by atoms with Crippen molar-refractivity contribution in [3.05, 3.63) is 42.5 Å². The van der Waals surface area contributed by atoms with E-state index in [1.165, 1.54) is 0 Å². The van der Waals surface area contributed by atoms with Crippen LogP contribution < -0.4 is 4.74 Å². The number of rotatable bonds is 8. The standard InChI is InChI=1S/C14H18O2/c1-2-3-4-5-8-11-16-14-10-7-6-9-13(14)12-15/h2,6-7,9-10,12H,1,3-5,8,11H2. The van der Waals surface area contributed by atoms with Gasteiger partial charge in [0, 0.05) is 0 Å². The molecule has 1 rings (SSSR count). The molecule has 0 aromatic heterocycles. The smallest absolute Gasteiger partial charge is 0.153 e. The van der Waals surface area contributed by atoms with Crippen molar-refractivity contribution in [2.75, 3.05) is 6.61 Å². The van der Waals surface area contributed by atoms with Gasteiger partial charge in [0.1, 0.15) is 5.75 Å². The van der Waals surface area contributed by atoms with Gasteiger partial charge in [0.25, 0.3) is 0 Å². The highest BCUT2D eigenvalue weighted by atomic mass is 16.5. The molecule has 0 aliphatic heterocycles. The fourth-order valence-electron chi connectivity index (χ4n) is 1.46. The topological polar surface area (TPSA) is 26.3 Å². The van der Waals surface area contributed by atoms with Gasteiger partial charge < -0.3 is 4.74 Å². The predicted molar refractivity (Wildman–Crippen MR) is 66.0 cm³/mol. The first kappa shape index (κ1) is 12.5. The molecule has 0 spiro atoms. The lowest BCUT2D eigenvalue weighted by atomic mass is 10.2. The van der Waals surface area contributed by atoms with E-state index in [2.05, 4.69) is 6.58 Å². The molecule has 0 heterocycles. The Labute approximate surface area is 96.9 Å². The molecule has 0 saturated carbocycles. The zero-order valence-electron chi connectivity index (χ0n) is 9.52. The Morgan fingerprint density at radius 1 is 1.19 bits per heavy atom. The van der Waals surface area contributed by atoms with E-state index >= 15 is 0 Å². The van der Waals surface area contributed by atoms with Gasteiger partial charge in [0.15, 0.2) is 6.29 Å². The molecular weight excluding hydrogens is 200 g/mol. The van der Waals surface area contributed by atoms with Gasteiger partial charge in [-0.3, -0.25) is 4.79 Å². The van der Waals surface area contributed by atoms with Crippen LogP contribution in [-0.2, 0) is 0 Å². The van der Waals surface area contributed by atoms with E-state index in [1.54, 1.807) is 6.07 Å². The maximum Gasteiger partial charge on any atom is 0.153 e. The second-order valence-corrected chi connectivity index (χ2v) is 3.64. The highest BCUT2D eigenvalue weighted by Gasteiger charge is 2.00. The fraction of sp³-hybridized carbons (Fsp3) is 0.357. The maximum atomic E-state index is 10.7. The van der Waals surface area contributed by atoms with Crippen LogP contribution in [0.1, 0.15) is 36.0 Å². The Bertz CT molecular complexity index is 331. The Hall–Kier alpha value is -1.57. The molecule has 0 atom stereocenters. The van der Waals surface area contributed by atoms with Gasteiger partial charge in [0.05, 0.1) is 12.2 Å². The second-order valence-electron chi connectivity index (χ2n) is 3.64. The number of benzene rings is 1. The maximum absolute atomic E-state index is 10.7. The number of carbonyl (C=O) groups is 1. The van der Waals surface area contributed by atoms with Gasteiger partial charge in [-0.2, -0.15) is 0 Å². The Morgan fingerprint density at radius 3 is 2.75 bits per heavy atom. The Morgan fingerprint density at radius 2 is 2.00 bits per heavy atom. The lowest BCUT2D eigenvalue weighted by molar-refractivity contribution is 0.111. The molecule has 0 amide bonds. The monoisotopic (exact) mass is 218 g/mol. The first-order valence-corrected chi connectivity index (χ1v) is 5.66. The van der Waals surface area contributed by atoms with E-state index in [0.717, 1.165) is 32.0 Å². The van der Waals surface area contributed by atoms with Crippen molar-refractivity contribution in [3.8, 4) is 5.75 Å². The van der Waals surface area contributed by atoms with Crippen LogP contribution in [0.5, 0.6) is 5.75 Å². The predicted octanol–water partition coefficient (Wildman–Crippen LogP) is 3.62. The Balaban J connectivity index is 2.26. The number of para-hydroxylation sites is 1. The highest BCUT2D eigenvalue weighted by molar-refractivity contribution is 5.79. The number of hydrogen-bond donors (Lipinski definition) is 0. The molecule has 0 N–H and O–H groups in total. The largest absolute Gasteiger partial charge is 0.493 e. The molecule has 2 nitrogen and oxygen atoms in total. The molecule has 0 radical (unpaired) electrons. The van der Waals surface area contributed by atoms with E-state index in [9.17, 15) is 4.79 Å². The summed E-state index contributed by atoms with van der Waals surface area (Å²) in [6, 6.07) is 7.30. The normalized spacial score (nSPS) is 9.75. The minimum Gasteiger partial charge on any atom is -0.493 e. The van der Waals surface area contributed by atoms with E-state index in [1.807, 2.05) is 24.3 Å². The lowest BCUT2D eigenvalue weighted by Gasteiger charge is -2.07. The molecule has 1 aromatic carbocycles. The summed E-state index contributed by atoms with van der Waals surface area (Å²) in [5.41, 5.74) is 0.619. The molecule has 0 aliphatic rings. The number of carbonyl (C=O) groups excluding carboxylic acids is 1. The van der Waals surface area contributed by atoms with Crippen LogP contribution >= 0.6 is 0 Å². The molecule has 1 aromatic rings. The second kappa shape index (κ2) is 7.69. The number of hydrogen-bond acceptors (Lipinski definition) is 2. The summed E-state index contributed by atoms with van der Waals surface area (Å²) >= 11 is 0. The van der Waals surface area contributed by atoms with Gasteiger partial charge in [-0.25, -0.2) is 0 Å². The van der Waals surface area contributed by atoms with Crippen molar-refractivity contribution in [2.45, 2.75) is 25.7 Å². The van der Waals surface area contributed by atoms with Crippen molar-refractivity contribution in [3.63, 3.8) is 0 Å². The third kappa shape index (κ3) is 4.30. The van der Waals surface area contributed by atoms with Crippen molar-refractivity contribution in [1.82, 2.24) is 0 Å². The van der Waals surface area contributed by atoms with Gasteiger partial charge >= 0.3 is 0 Å². The van der Waals surface area contributed by atoms with Gasteiger partial charge in [-0.15, -0.1) is 6.58 Å². The zero-order valence-corrected chi connectivity index (χ0v) is 9.52. The minimum atomic E-state index is 0.619. The molecule has 0 fully saturated rings. The summed E-state index contributed by atoms with van der Waals surface area (Å²) < 4.78 is 5.55. The summed E-state index contributed by atoms with van der Waals surface area (Å²) in [7, 11) is 0. The fourth-order valence-corrected chi connectivity index (χ4v) is 1.46. The van der Waals surface area contributed by atoms with Crippen molar-refractivity contribution in [1.29, 1.82) is 0 Å². The average Bonchev–Trinajstić information content (AvgIpc) is 2.34. The van der Waals surface area contributed by atoms with Crippen LogP contribution in [0.3, 0.4) is 0 Å². The average molecular weight is 218 g/mol. The number of unbranched alkanes of at least 4 members (excludes halogenated alkanes) is 3. The van der Waals surface area contributed by atoms with E-state index in [-0.39, 0.29) is 0 Å². The van der Waals surface area contributed by atoms with Crippen LogP contribution in [0.25, 0.3) is 0 Å². The molecule has 0 unspecified atom stereocenters. The van der Waals surface area contributed by atoms with Crippen molar-refractivity contribution in [2.24, 2.45) is 0 Å². The summed E-state index contributed by atoms with van der Waals surface area (Å²) in [4.78, 5) is 10.7. The van der Waals surface area contributed by atoms with Crippen molar-refractivity contribution >= 4 is 6.29 Å². The van der Waals surface area contributed by atoms with Gasteiger partial charge in [-0.05, 0) is 37.8 Å². The quantitative estimate of drug-likeness (QED) is 0.378. The molecule has 86 valence electrons. The number of ether oxygens (including phenoxy) is 1. The lowest BCUT2D eigenvalue weighted by Crippen LogP contribution is -1.99. The zero-order chi connectivity index (χ0) is 11.6. The van der Waals surface area contributed by atoms with E-state index in [0.29, 0.717) is 17.9 Å². The summed E-state index contributed by atoms with van der Waals surface area (Å²) in [5.74, 6) is 0.682. The molecule has 0 bridgehead atoms. The molecular formula is C14H18O2. The Kier molecular flexibility index (Phi) is 6.00. The van der Waals surface area contributed by atoms with Crippen LogP contribution in [0, 0.1) is 0 Å². The summed E-state index contributed by atoms with van der Waals surface area (Å²) in [6.45, 7) is 4.35. The SMILES string of the molecule is C=CCCCCCOc1ccccc1C=O. The third-order valence-corrected chi connectivity index (χ3v) is 2.36.